The molecular weight excluding hydrogens is 288 g/mol. The predicted molar refractivity (Wildman–Crippen MR) is 79.2 cm³/mol. The van der Waals surface area contributed by atoms with Crippen molar-refractivity contribution >= 4 is 22.2 Å². The van der Waals surface area contributed by atoms with Crippen LogP contribution in [-0.4, -0.2) is 22.1 Å². The third-order valence-electron chi connectivity index (χ3n) is 3.95. The fourth-order valence-electron chi connectivity index (χ4n) is 2.72. The van der Waals surface area contributed by atoms with Gasteiger partial charge in [-0.25, -0.2) is 0 Å². The average molecular weight is 304 g/mol. The number of nitrogens with zero attached hydrogens (tertiary/aromatic N) is 2. The van der Waals surface area contributed by atoms with Crippen LogP contribution in [0.5, 0.6) is 0 Å². The fraction of sp³-hybridized carbons (Fsp3) is 0.500. The van der Waals surface area contributed by atoms with Crippen molar-refractivity contribution in [2.24, 2.45) is 0 Å². The van der Waals surface area contributed by atoms with Crippen molar-refractivity contribution in [2.45, 2.75) is 44.6 Å². The summed E-state index contributed by atoms with van der Waals surface area (Å²) in [4.78, 5) is 17.5. The Hall–Kier alpha value is -1.89. The first-order valence-electron chi connectivity index (χ1n) is 7.27. The Morgan fingerprint density at radius 2 is 2.14 bits per heavy atom. The summed E-state index contributed by atoms with van der Waals surface area (Å²) in [6.45, 7) is 0. The summed E-state index contributed by atoms with van der Waals surface area (Å²) in [5.74, 6) is 0.190. The minimum atomic E-state index is -0.268. The number of nitrogen functional groups attached to an aromatic ring is 1. The quantitative estimate of drug-likeness (QED) is 0.906. The molecule has 4 rings (SSSR count). The number of fused-ring (bicyclic) bond motifs is 1. The lowest BCUT2D eigenvalue weighted by Gasteiger charge is -2.10. The summed E-state index contributed by atoms with van der Waals surface area (Å²) in [7, 11) is 0. The van der Waals surface area contributed by atoms with E-state index in [1.807, 2.05) is 0 Å². The van der Waals surface area contributed by atoms with E-state index in [9.17, 15) is 4.79 Å². The first kappa shape index (κ1) is 12.8. The van der Waals surface area contributed by atoms with Crippen LogP contribution in [0.3, 0.4) is 0 Å². The molecule has 3 N–H and O–H groups in total. The Morgan fingerprint density at radius 1 is 1.33 bits per heavy atom. The van der Waals surface area contributed by atoms with E-state index in [4.69, 9.17) is 10.3 Å². The van der Waals surface area contributed by atoms with E-state index in [-0.39, 0.29) is 17.8 Å². The molecule has 1 saturated carbocycles. The summed E-state index contributed by atoms with van der Waals surface area (Å²) in [5, 5.41) is 7.36. The topological polar surface area (TPSA) is 94.0 Å². The highest BCUT2D eigenvalue weighted by molar-refractivity contribution is 7.16. The molecule has 2 aliphatic carbocycles. The number of aryl methyl sites for hydroxylation is 1. The molecule has 0 spiro atoms. The van der Waals surface area contributed by atoms with Gasteiger partial charge >= 0.3 is 0 Å². The predicted octanol–water partition coefficient (Wildman–Crippen LogP) is 2.15. The van der Waals surface area contributed by atoms with Crippen molar-refractivity contribution in [3.63, 3.8) is 0 Å². The molecule has 7 heteroatoms. The molecule has 0 unspecified atom stereocenters. The molecule has 1 amide bonds. The number of rotatable bonds is 3. The lowest BCUT2D eigenvalue weighted by Crippen LogP contribution is -2.26. The molecule has 0 saturated heterocycles. The van der Waals surface area contributed by atoms with E-state index >= 15 is 0 Å². The Balaban J connectivity index is 1.66. The van der Waals surface area contributed by atoms with Crippen LogP contribution in [0.2, 0.25) is 0 Å². The van der Waals surface area contributed by atoms with Gasteiger partial charge in [-0.05, 0) is 44.1 Å². The standard InChI is InChI=1S/C14H16N4O2S/c15-11-10(8-3-1-2-4-9(8)21-11)14-17-12(18-20-14)13(19)16-7-5-6-7/h7H,1-6,15H2,(H,16,19). The first-order valence-corrected chi connectivity index (χ1v) is 8.09. The second kappa shape index (κ2) is 4.84. The highest BCUT2D eigenvalue weighted by Crippen LogP contribution is 2.41. The number of thiophene rings is 1. The molecule has 2 aliphatic rings. The highest BCUT2D eigenvalue weighted by atomic mass is 32.1. The van der Waals surface area contributed by atoms with Crippen LogP contribution >= 0.6 is 11.3 Å². The van der Waals surface area contributed by atoms with Gasteiger partial charge in [0.2, 0.25) is 0 Å². The lowest BCUT2D eigenvalue weighted by molar-refractivity contribution is 0.0937. The van der Waals surface area contributed by atoms with Crippen LogP contribution in [0, 0.1) is 0 Å². The molecule has 2 aromatic rings. The van der Waals surface area contributed by atoms with Gasteiger partial charge < -0.3 is 15.6 Å². The van der Waals surface area contributed by atoms with E-state index in [2.05, 4.69) is 15.5 Å². The van der Waals surface area contributed by atoms with E-state index in [0.29, 0.717) is 10.9 Å². The summed E-state index contributed by atoms with van der Waals surface area (Å²) < 4.78 is 5.28. The van der Waals surface area contributed by atoms with E-state index in [1.54, 1.807) is 11.3 Å². The smallest absolute Gasteiger partial charge is 0.292 e. The van der Waals surface area contributed by atoms with E-state index < -0.39 is 0 Å². The summed E-state index contributed by atoms with van der Waals surface area (Å²) in [5.41, 5.74) is 8.18. The van der Waals surface area contributed by atoms with Gasteiger partial charge in [0.25, 0.3) is 17.6 Å². The molecule has 2 aromatic heterocycles. The van der Waals surface area contributed by atoms with Gasteiger partial charge in [0.1, 0.15) is 0 Å². The summed E-state index contributed by atoms with van der Waals surface area (Å²) in [6.07, 6.45) is 6.46. The molecule has 0 bridgehead atoms. The molecule has 110 valence electrons. The monoisotopic (exact) mass is 304 g/mol. The number of hydrogen-bond donors (Lipinski definition) is 2. The highest BCUT2D eigenvalue weighted by Gasteiger charge is 2.28. The van der Waals surface area contributed by atoms with Gasteiger partial charge in [-0.2, -0.15) is 4.98 Å². The number of nitrogens with two attached hydrogens (primary N) is 1. The zero-order valence-electron chi connectivity index (χ0n) is 11.5. The van der Waals surface area contributed by atoms with E-state index in [1.165, 1.54) is 16.9 Å². The normalized spacial score (nSPS) is 17.5. The molecule has 0 aromatic carbocycles. The van der Waals surface area contributed by atoms with Crippen molar-refractivity contribution in [3.05, 3.63) is 16.3 Å². The van der Waals surface area contributed by atoms with Crippen LogP contribution in [0.15, 0.2) is 4.52 Å². The fourth-order valence-corrected chi connectivity index (χ4v) is 3.87. The van der Waals surface area contributed by atoms with Crippen molar-refractivity contribution in [3.8, 4) is 11.5 Å². The number of hydrogen-bond acceptors (Lipinski definition) is 6. The molecule has 0 radical (unpaired) electrons. The second-order valence-corrected chi connectivity index (χ2v) is 6.76. The van der Waals surface area contributed by atoms with Crippen LogP contribution in [0.25, 0.3) is 11.5 Å². The number of aromatic nitrogens is 2. The maximum Gasteiger partial charge on any atom is 0.292 e. The minimum Gasteiger partial charge on any atom is -0.390 e. The Labute approximate surface area is 125 Å². The number of nitrogens with one attached hydrogen (secondary N) is 1. The number of amides is 1. The van der Waals surface area contributed by atoms with Crippen molar-refractivity contribution in [2.75, 3.05) is 5.73 Å². The van der Waals surface area contributed by atoms with Crippen LogP contribution in [0.4, 0.5) is 5.00 Å². The van der Waals surface area contributed by atoms with Crippen LogP contribution < -0.4 is 11.1 Å². The minimum absolute atomic E-state index is 0.0899. The molecular formula is C14H16N4O2S. The van der Waals surface area contributed by atoms with Gasteiger partial charge in [-0.15, -0.1) is 11.3 Å². The first-order chi connectivity index (χ1) is 10.2. The lowest BCUT2D eigenvalue weighted by atomic mass is 9.95. The van der Waals surface area contributed by atoms with Gasteiger partial charge in [-0.3, -0.25) is 4.79 Å². The second-order valence-electron chi connectivity index (χ2n) is 5.62. The van der Waals surface area contributed by atoms with Gasteiger partial charge in [-0.1, -0.05) is 5.16 Å². The number of carbonyl (C=O) groups is 1. The SMILES string of the molecule is Nc1sc2c(c1-c1nc(C(=O)NC3CC3)no1)CCCC2. The zero-order chi connectivity index (χ0) is 14.4. The third kappa shape index (κ3) is 2.31. The zero-order valence-corrected chi connectivity index (χ0v) is 12.3. The molecule has 6 nitrogen and oxygen atoms in total. The largest absolute Gasteiger partial charge is 0.390 e. The summed E-state index contributed by atoms with van der Waals surface area (Å²) in [6, 6.07) is 0.276. The number of anilines is 1. The maximum atomic E-state index is 11.9. The molecule has 2 heterocycles. The van der Waals surface area contributed by atoms with Crippen molar-refractivity contribution < 1.29 is 9.32 Å². The number of carbonyl (C=O) groups excluding carboxylic acids is 1. The summed E-state index contributed by atoms with van der Waals surface area (Å²) >= 11 is 1.60. The Bertz CT molecular complexity index is 702. The molecule has 1 fully saturated rings. The molecule has 0 aliphatic heterocycles. The molecule has 21 heavy (non-hydrogen) atoms. The average Bonchev–Trinajstić information content (AvgIpc) is 3.03. The third-order valence-corrected chi connectivity index (χ3v) is 5.08. The Morgan fingerprint density at radius 3 is 2.95 bits per heavy atom. The molecule has 0 atom stereocenters. The maximum absolute atomic E-state index is 11.9. The van der Waals surface area contributed by atoms with Gasteiger partial charge in [0.15, 0.2) is 0 Å². The van der Waals surface area contributed by atoms with Gasteiger partial charge in [0, 0.05) is 10.9 Å². The van der Waals surface area contributed by atoms with Crippen LogP contribution in [-0.2, 0) is 12.8 Å². The van der Waals surface area contributed by atoms with E-state index in [0.717, 1.165) is 37.7 Å². The van der Waals surface area contributed by atoms with Crippen molar-refractivity contribution in [1.82, 2.24) is 15.5 Å². The van der Waals surface area contributed by atoms with Crippen molar-refractivity contribution in [1.29, 1.82) is 0 Å². The van der Waals surface area contributed by atoms with Gasteiger partial charge in [0.05, 0.1) is 10.6 Å². The van der Waals surface area contributed by atoms with Crippen LogP contribution in [0.1, 0.15) is 46.7 Å². The Kier molecular flexibility index (Phi) is 2.95.